The van der Waals surface area contributed by atoms with Crippen LogP contribution in [-0.2, 0) is 6.18 Å². The number of anilines is 1. The Kier molecular flexibility index (Phi) is 2.63. The standard InChI is InChI=1S/C6H5ClF3N3/c7-4-2-1-3(6(8,9)10)5(12-4)13-11/h1-2H,11H2,(H,12,13). The average molecular weight is 212 g/mol. The molecule has 0 fully saturated rings. The summed E-state index contributed by atoms with van der Waals surface area (Å²) in [4.78, 5) is 3.37. The van der Waals surface area contributed by atoms with Crippen molar-refractivity contribution in [3.63, 3.8) is 0 Å². The molecule has 72 valence electrons. The Hall–Kier alpha value is -1.01. The molecular weight excluding hydrogens is 207 g/mol. The van der Waals surface area contributed by atoms with E-state index in [4.69, 9.17) is 17.4 Å². The molecule has 1 aromatic heterocycles. The topological polar surface area (TPSA) is 50.9 Å². The van der Waals surface area contributed by atoms with Gasteiger partial charge in [-0.15, -0.1) is 0 Å². The number of nitrogen functional groups attached to an aromatic ring is 1. The second-order valence-electron chi connectivity index (χ2n) is 2.17. The van der Waals surface area contributed by atoms with Crippen molar-refractivity contribution >= 4 is 17.4 Å². The average Bonchev–Trinajstić information content (AvgIpc) is 2.01. The van der Waals surface area contributed by atoms with Crippen LogP contribution in [0.15, 0.2) is 12.1 Å². The van der Waals surface area contributed by atoms with E-state index in [0.29, 0.717) is 0 Å². The highest BCUT2D eigenvalue weighted by Crippen LogP contribution is 2.33. The van der Waals surface area contributed by atoms with Crippen LogP contribution < -0.4 is 11.3 Å². The normalized spacial score (nSPS) is 11.5. The largest absolute Gasteiger partial charge is 0.420 e. The molecule has 13 heavy (non-hydrogen) atoms. The highest BCUT2D eigenvalue weighted by Gasteiger charge is 2.34. The molecule has 1 rings (SSSR count). The van der Waals surface area contributed by atoms with Gasteiger partial charge in [-0.05, 0) is 12.1 Å². The Morgan fingerprint density at radius 2 is 2.00 bits per heavy atom. The molecule has 1 heterocycles. The first-order valence-corrected chi connectivity index (χ1v) is 3.53. The van der Waals surface area contributed by atoms with Gasteiger partial charge in [-0.25, -0.2) is 10.8 Å². The molecule has 0 saturated carbocycles. The van der Waals surface area contributed by atoms with Gasteiger partial charge in [-0.1, -0.05) is 11.6 Å². The van der Waals surface area contributed by atoms with E-state index in [-0.39, 0.29) is 5.15 Å². The van der Waals surface area contributed by atoms with E-state index in [0.717, 1.165) is 12.1 Å². The van der Waals surface area contributed by atoms with Gasteiger partial charge in [0.1, 0.15) is 5.15 Å². The fourth-order valence-electron chi connectivity index (χ4n) is 0.774. The molecule has 0 unspecified atom stereocenters. The molecule has 0 aliphatic carbocycles. The maximum absolute atomic E-state index is 12.2. The lowest BCUT2D eigenvalue weighted by Crippen LogP contribution is -2.16. The lowest BCUT2D eigenvalue weighted by molar-refractivity contribution is -0.137. The first kappa shape index (κ1) is 10.1. The number of halogens is 4. The third-order valence-electron chi connectivity index (χ3n) is 1.30. The van der Waals surface area contributed by atoms with Crippen LogP contribution in [0.1, 0.15) is 5.56 Å². The molecule has 0 aliphatic heterocycles. The summed E-state index contributed by atoms with van der Waals surface area (Å²) < 4.78 is 36.6. The molecular formula is C6H5ClF3N3. The second kappa shape index (κ2) is 3.39. The summed E-state index contributed by atoms with van der Waals surface area (Å²) in [5.74, 6) is 4.36. The van der Waals surface area contributed by atoms with Gasteiger partial charge in [0.15, 0.2) is 5.82 Å². The van der Waals surface area contributed by atoms with E-state index >= 15 is 0 Å². The quantitative estimate of drug-likeness (QED) is 0.425. The van der Waals surface area contributed by atoms with Crippen molar-refractivity contribution in [1.82, 2.24) is 4.98 Å². The van der Waals surface area contributed by atoms with Crippen molar-refractivity contribution in [2.24, 2.45) is 5.84 Å². The van der Waals surface area contributed by atoms with Crippen LogP contribution in [0.4, 0.5) is 19.0 Å². The van der Waals surface area contributed by atoms with Gasteiger partial charge in [0.05, 0.1) is 5.56 Å². The van der Waals surface area contributed by atoms with Crippen molar-refractivity contribution < 1.29 is 13.2 Å². The highest BCUT2D eigenvalue weighted by molar-refractivity contribution is 6.29. The molecule has 0 spiro atoms. The Balaban J connectivity index is 3.22. The molecule has 1 aromatic rings. The van der Waals surface area contributed by atoms with Crippen LogP contribution in [0.3, 0.4) is 0 Å². The number of alkyl halides is 3. The molecule has 0 saturated heterocycles. The zero-order valence-electron chi connectivity index (χ0n) is 6.19. The number of hydrogen-bond acceptors (Lipinski definition) is 3. The Morgan fingerprint density at radius 1 is 1.38 bits per heavy atom. The van der Waals surface area contributed by atoms with Gasteiger partial charge in [-0.2, -0.15) is 13.2 Å². The Morgan fingerprint density at radius 3 is 2.46 bits per heavy atom. The molecule has 3 nitrogen and oxygen atoms in total. The van der Waals surface area contributed by atoms with E-state index in [1.54, 1.807) is 0 Å². The van der Waals surface area contributed by atoms with Crippen LogP contribution >= 0.6 is 11.6 Å². The van der Waals surface area contributed by atoms with Crippen molar-refractivity contribution in [3.05, 3.63) is 22.8 Å². The number of nitrogens with two attached hydrogens (primary N) is 1. The van der Waals surface area contributed by atoms with Crippen LogP contribution in [0.2, 0.25) is 5.15 Å². The third kappa shape index (κ3) is 2.22. The Labute approximate surface area is 76.7 Å². The molecule has 0 bridgehead atoms. The fraction of sp³-hybridized carbons (Fsp3) is 0.167. The summed E-state index contributed by atoms with van der Waals surface area (Å²) in [6.07, 6.45) is -4.49. The van der Waals surface area contributed by atoms with Crippen LogP contribution in [-0.4, -0.2) is 4.98 Å². The molecule has 0 aromatic carbocycles. The lowest BCUT2D eigenvalue weighted by atomic mass is 10.2. The predicted molar refractivity (Wildman–Crippen MR) is 42.1 cm³/mol. The molecule has 0 radical (unpaired) electrons. The maximum Gasteiger partial charge on any atom is 0.420 e. The summed E-state index contributed by atoms with van der Waals surface area (Å²) in [5, 5.41) is -0.0547. The molecule has 3 N–H and O–H groups in total. The predicted octanol–water partition coefficient (Wildman–Crippen LogP) is 2.04. The van der Waals surface area contributed by atoms with Gasteiger partial charge in [-0.3, -0.25) is 0 Å². The summed E-state index contributed by atoms with van der Waals surface area (Å²) in [6, 6.07) is 1.86. The molecule has 0 atom stereocenters. The van der Waals surface area contributed by atoms with Gasteiger partial charge >= 0.3 is 6.18 Å². The number of hydrogen-bond donors (Lipinski definition) is 2. The van der Waals surface area contributed by atoms with E-state index in [2.05, 4.69) is 4.98 Å². The van der Waals surface area contributed by atoms with Crippen LogP contribution in [0.25, 0.3) is 0 Å². The number of nitrogens with one attached hydrogen (secondary N) is 1. The summed E-state index contributed by atoms with van der Waals surface area (Å²) in [7, 11) is 0. The minimum absolute atomic E-state index is 0.0547. The van der Waals surface area contributed by atoms with Crippen molar-refractivity contribution in [2.45, 2.75) is 6.18 Å². The maximum atomic E-state index is 12.2. The SMILES string of the molecule is NNc1nc(Cl)ccc1C(F)(F)F. The molecule has 7 heteroatoms. The minimum Gasteiger partial charge on any atom is -0.308 e. The summed E-state index contributed by atoms with van der Waals surface area (Å²) in [5.41, 5.74) is 0.882. The summed E-state index contributed by atoms with van der Waals surface area (Å²) >= 11 is 5.37. The first-order valence-electron chi connectivity index (χ1n) is 3.15. The second-order valence-corrected chi connectivity index (χ2v) is 2.56. The van der Waals surface area contributed by atoms with Crippen molar-refractivity contribution in [1.29, 1.82) is 0 Å². The number of hydrazine groups is 1. The van der Waals surface area contributed by atoms with E-state index in [1.807, 2.05) is 5.43 Å². The van der Waals surface area contributed by atoms with Gasteiger partial charge in [0.25, 0.3) is 0 Å². The molecule has 0 amide bonds. The summed E-state index contributed by atoms with van der Waals surface area (Å²) in [6.45, 7) is 0. The van der Waals surface area contributed by atoms with E-state index < -0.39 is 17.6 Å². The number of nitrogens with zero attached hydrogens (tertiary/aromatic N) is 1. The zero-order valence-corrected chi connectivity index (χ0v) is 6.95. The van der Waals surface area contributed by atoms with E-state index in [1.165, 1.54) is 0 Å². The minimum atomic E-state index is -4.49. The van der Waals surface area contributed by atoms with Gasteiger partial charge in [0.2, 0.25) is 0 Å². The van der Waals surface area contributed by atoms with Crippen LogP contribution in [0.5, 0.6) is 0 Å². The van der Waals surface area contributed by atoms with Crippen molar-refractivity contribution in [2.75, 3.05) is 5.43 Å². The number of rotatable bonds is 1. The fourth-order valence-corrected chi connectivity index (χ4v) is 0.922. The molecule has 0 aliphatic rings. The van der Waals surface area contributed by atoms with Crippen LogP contribution in [0, 0.1) is 0 Å². The monoisotopic (exact) mass is 211 g/mol. The zero-order chi connectivity index (χ0) is 10.1. The lowest BCUT2D eigenvalue weighted by Gasteiger charge is -2.10. The van der Waals surface area contributed by atoms with E-state index in [9.17, 15) is 13.2 Å². The smallest absolute Gasteiger partial charge is 0.308 e. The van der Waals surface area contributed by atoms with Gasteiger partial charge < -0.3 is 5.43 Å². The highest BCUT2D eigenvalue weighted by atomic mass is 35.5. The first-order chi connectivity index (χ1) is 5.95. The number of pyridine rings is 1. The van der Waals surface area contributed by atoms with Gasteiger partial charge in [0, 0.05) is 0 Å². The number of aromatic nitrogens is 1. The van der Waals surface area contributed by atoms with Crippen molar-refractivity contribution in [3.8, 4) is 0 Å². The third-order valence-corrected chi connectivity index (χ3v) is 1.51. The Bertz CT molecular complexity index is 312.